The van der Waals surface area contributed by atoms with Crippen molar-refractivity contribution in [3.63, 3.8) is 0 Å². The van der Waals surface area contributed by atoms with Gasteiger partial charge >= 0.3 is 6.01 Å². The van der Waals surface area contributed by atoms with Gasteiger partial charge < -0.3 is 15.2 Å². The molecule has 0 aliphatic carbocycles. The Bertz CT molecular complexity index is 820. The van der Waals surface area contributed by atoms with Crippen LogP contribution in [-0.2, 0) is 6.61 Å². The van der Waals surface area contributed by atoms with E-state index in [9.17, 15) is 4.79 Å². The fraction of sp³-hybridized carbons (Fsp3) is 0.0556. The second-order valence-corrected chi connectivity index (χ2v) is 4.94. The van der Waals surface area contributed by atoms with E-state index in [0.717, 1.165) is 5.56 Å². The third-order valence-electron chi connectivity index (χ3n) is 3.20. The van der Waals surface area contributed by atoms with Crippen LogP contribution in [0.15, 0.2) is 67.0 Å². The maximum atomic E-state index is 11.0. The molecule has 2 N–H and O–H groups in total. The molecule has 0 aliphatic heterocycles. The van der Waals surface area contributed by atoms with E-state index in [0.29, 0.717) is 18.1 Å². The third-order valence-corrected chi connectivity index (χ3v) is 3.20. The van der Waals surface area contributed by atoms with Gasteiger partial charge in [0.1, 0.15) is 6.61 Å². The van der Waals surface area contributed by atoms with E-state index in [1.165, 1.54) is 12.4 Å². The molecule has 0 radical (unpaired) electrons. The average molecular weight is 321 g/mol. The zero-order chi connectivity index (χ0) is 16.8. The topological polar surface area (TPSA) is 87.3 Å². The fourth-order valence-corrected chi connectivity index (χ4v) is 1.98. The maximum absolute atomic E-state index is 11.0. The Morgan fingerprint density at radius 3 is 2.21 bits per heavy atom. The zero-order valence-electron chi connectivity index (χ0n) is 12.8. The maximum Gasteiger partial charge on any atom is 0.322 e. The lowest BCUT2D eigenvalue weighted by atomic mass is 10.2. The molecule has 3 rings (SSSR count). The number of primary amides is 1. The Balaban J connectivity index is 1.73. The molecular weight excluding hydrogens is 306 g/mol. The number of aromatic nitrogens is 2. The first-order valence-corrected chi connectivity index (χ1v) is 7.28. The van der Waals surface area contributed by atoms with E-state index >= 15 is 0 Å². The molecule has 3 aromatic rings. The first-order chi connectivity index (χ1) is 11.7. The molecule has 0 atom stereocenters. The Morgan fingerprint density at radius 1 is 0.917 bits per heavy atom. The fourth-order valence-electron chi connectivity index (χ4n) is 1.98. The van der Waals surface area contributed by atoms with Gasteiger partial charge in [0.15, 0.2) is 11.5 Å². The van der Waals surface area contributed by atoms with Crippen LogP contribution in [0, 0.1) is 0 Å². The van der Waals surface area contributed by atoms with Gasteiger partial charge in [-0.2, -0.15) is 0 Å². The number of carbonyl (C=O) groups excluding carboxylic acids is 1. The monoisotopic (exact) mass is 321 g/mol. The second kappa shape index (κ2) is 7.23. The Morgan fingerprint density at radius 2 is 1.54 bits per heavy atom. The lowest BCUT2D eigenvalue weighted by Crippen LogP contribution is -2.11. The van der Waals surface area contributed by atoms with Crippen LogP contribution in [0.2, 0.25) is 0 Å². The summed E-state index contributed by atoms with van der Waals surface area (Å²) in [6.45, 7) is 0.419. The van der Waals surface area contributed by atoms with Crippen molar-refractivity contribution < 1.29 is 14.3 Å². The van der Waals surface area contributed by atoms with Crippen molar-refractivity contribution >= 4 is 5.91 Å². The van der Waals surface area contributed by atoms with Crippen LogP contribution in [-0.4, -0.2) is 15.9 Å². The van der Waals surface area contributed by atoms with Gasteiger partial charge in [0.2, 0.25) is 0 Å². The lowest BCUT2D eigenvalue weighted by Gasteiger charge is -2.11. The number of carbonyl (C=O) groups is 1. The normalized spacial score (nSPS) is 10.2. The lowest BCUT2D eigenvalue weighted by molar-refractivity contribution is 0.0999. The van der Waals surface area contributed by atoms with Crippen LogP contribution >= 0.6 is 0 Å². The smallest absolute Gasteiger partial charge is 0.322 e. The molecule has 0 aliphatic rings. The highest BCUT2D eigenvalue weighted by Crippen LogP contribution is 2.30. The van der Waals surface area contributed by atoms with Crippen LogP contribution in [0.5, 0.6) is 17.5 Å². The quantitative estimate of drug-likeness (QED) is 0.754. The minimum atomic E-state index is -0.590. The molecule has 1 heterocycles. The highest BCUT2D eigenvalue weighted by Gasteiger charge is 2.09. The molecule has 0 bridgehead atoms. The average Bonchev–Trinajstić information content (AvgIpc) is 2.62. The van der Waals surface area contributed by atoms with Crippen molar-refractivity contribution in [3.05, 3.63) is 78.1 Å². The summed E-state index contributed by atoms with van der Waals surface area (Å²) in [5, 5.41) is 0. The van der Waals surface area contributed by atoms with E-state index < -0.39 is 5.91 Å². The van der Waals surface area contributed by atoms with Crippen molar-refractivity contribution in [2.45, 2.75) is 6.61 Å². The van der Waals surface area contributed by atoms with Crippen LogP contribution < -0.4 is 15.2 Å². The molecule has 0 saturated carbocycles. The largest absolute Gasteiger partial charge is 0.485 e. The number of para-hydroxylation sites is 2. The number of hydrogen-bond acceptors (Lipinski definition) is 5. The van der Waals surface area contributed by atoms with Gasteiger partial charge in [-0.1, -0.05) is 42.5 Å². The third kappa shape index (κ3) is 3.86. The highest BCUT2D eigenvalue weighted by molar-refractivity contribution is 5.92. The van der Waals surface area contributed by atoms with Crippen molar-refractivity contribution in [3.8, 4) is 17.5 Å². The zero-order valence-corrected chi connectivity index (χ0v) is 12.8. The van der Waals surface area contributed by atoms with Crippen molar-refractivity contribution in [2.75, 3.05) is 0 Å². The molecule has 0 unspecified atom stereocenters. The second-order valence-electron chi connectivity index (χ2n) is 4.94. The molecule has 120 valence electrons. The first kappa shape index (κ1) is 15.5. The molecule has 1 aromatic heterocycles. The van der Waals surface area contributed by atoms with Crippen LogP contribution in [0.4, 0.5) is 0 Å². The van der Waals surface area contributed by atoms with Crippen molar-refractivity contribution in [1.29, 1.82) is 0 Å². The summed E-state index contributed by atoms with van der Waals surface area (Å²) in [6, 6.07) is 17.2. The predicted molar refractivity (Wildman–Crippen MR) is 87.8 cm³/mol. The van der Waals surface area contributed by atoms with Gasteiger partial charge in [0, 0.05) is 12.4 Å². The summed E-state index contributed by atoms with van der Waals surface area (Å²) < 4.78 is 11.4. The molecule has 0 fully saturated rings. The molecule has 0 spiro atoms. The van der Waals surface area contributed by atoms with E-state index in [2.05, 4.69) is 9.97 Å². The molecule has 6 nitrogen and oxygen atoms in total. The van der Waals surface area contributed by atoms with E-state index in [-0.39, 0.29) is 11.6 Å². The Hall–Kier alpha value is -3.41. The summed E-state index contributed by atoms with van der Waals surface area (Å²) in [4.78, 5) is 19.0. The SMILES string of the molecule is NC(=O)c1cnc(Oc2ccccc2OCc2ccccc2)nc1. The van der Waals surface area contributed by atoms with Crippen molar-refractivity contribution in [1.82, 2.24) is 9.97 Å². The number of nitrogens with two attached hydrogens (primary N) is 1. The number of benzene rings is 2. The Kier molecular flexibility index (Phi) is 4.67. The standard InChI is InChI=1S/C18H15N3O3/c19-17(22)14-10-20-18(21-11-14)24-16-9-5-4-8-15(16)23-12-13-6-2-1-3-7-13/h1-11H,12H2,(H2,19,22). The van der Waals surface area contributed by atoms with Gasteiger partial charge in [-0.05, 0) is 17.7 Å². The van der Waals surface area contributed by atoms with Gasteiger partial charge in [-0.25, -0.2) is 9.97 Å². The van der Waals surface area contributed by atoms with Crippen LogP contribution in [0.3, 0.4) is 0 Å². The number of rotatable bonds is 6. The van der Waals surface area contributed by atoms with Gasteiger partial charge in [-0.15, -0.1) is 0 Å². The Labute approximate surface area is 138 Å². The summed E-state index contributed by atoms with van der Waals surface area (Å²) >= 11 is 0. The molecule has 6 heteroatoms. The number of nitrogens with zero attached hydrogens (tertiary/aromatic N) is 2. The molecule has 1 amide bonds. The summed E-state index contributed by atoms with van der Waals surface area (Å²) in [5.41, 5.74) is 6.42. The number of ether oxygens (including phenoxy) is 2. The predicted octanol–water partition coefficient (Wildman–Crippen LogP) is 2.95. The molecule has 0 saturated heterocycles. The summed E-state index contributed by atoms with van der Waals surface area (Å²) in [5.74, 6) is 0.470. The van der Waals surface area contributed by atoms with Gasteiger partial charge in [-0.3, -0.25) is 4.79 Å². The number of hydrogen-bond donors (Lipinski definition) is 1. The molecule has 24 heavy (non-hydrogen) atoms. The van der Waals surface area contributed by atoms with Crippen LogP contribution in [0.25, 0.3) is 0 Å². The first-order valence-electron chi connectivity index (χ1n) is 7.28. The van der Waals surface area contributed by atoms with Crippen molar-refractivity contribution in [2.24, 2.45) is 5.73 Å². The van der Waals surface area contributed by atoms with E-state index in [1.54, 1.807) is 12.1 Å². The van der Waals surface area contributed by atoms with Gasteiger partial charge in [0.05, 0.1) is 5.56 Å². The van der Waals surface area contributed by atoms with E-state index in [4.69, 9.17) is 15.2 Å². The van der Waals surface area contributed by atoms with Crippen LogP contribution in [0.1, 0.15) is 15.9 Å². The molecule has 2 aromatic carbocycles. The highest BCUT2D eigenvalue weighted by atomic mass is 16.5. The minimum absolute atomic E-state index is 0.107. The minimum Gasteiger partial charge on any atom is -0.485 e. The number of amides is 1. The summed E-state index contributed by atoms with van der Waals surface area (Å²) in [7, 11) is 0. The summed E-state index contributed by atoms with van der Waals surface area (Å²) in [6.07, 6.45) is 2.64. The van der Waals surface area contributed by atoms with Gasteiger partial charge in [0.25, 0.3) is 5.91 Å². The molecular formula is C18H15N3O3. The van der Waals surface area contributed by atoms with E-state index in [1.807, 2.05) is 42.5 Å².